The molecule has 1 aliphatic carbocycles. The molecule has 0 aromatic carbocycles. The van der Waals surface area contributed by atoms with Gasteiger partial charge in [0.25, 0.3) is 0 Å². The fourth-order valence-electron chi connectivity index (χ4n) is 3.37. The molecule has 2 fully saturated rings. The van der Waals surface area contributed by atoms with Crippen LogP contribution in [-0.4, -0.2) is 35.3 Å². The van der Waals surface area contributed by atoms with Gasteiger partial charge in [0.05, 0.1) is 6.54 Å². The number of amides is 2. The Bertz CT molecular complexity index is 369. The van der Waals surface area contributed by atoms with Crippen molar-refractivity contribution in [3.05, 3.63) is 0 Å². The molecule has 108 valence electrons. The predicted octanol–water partition coefficient (Wildman–Crippen LogP) is 1.79. The lowest BCUT2D eigenvalue weighted by molar-refractivity contribution is -0.149. The third-order valence-electron chi connectivity index (χ3n) is 5.22. The number of nitrogens with one attached hydrogen (secondary N) is 1. The van der Waals surface area contributed by atoms with E-state index in [0.717, 1.165) is 19.3 Å². The van der Waals surface area contributed by atoms with Crippen molar-refractivity contribution in [2.45, 2.75) is 59.0 Å². The standard InChI is InChI=1S/C15H26N2O2/c1-5-9(2)14-15(19)17(8-13(18)16-14)12-7-6-10(3)11(12)4/h9-12,14H,5-8H2,1-4H3,(H,16,18). The van der Waals surface area contributed by atoms with Crippen molar-refractivity contribution in [2.24, 2.45) is 17.8 Å². The van der Waals surface area contributed by atoms with Crippen molar-refractivity contribution in [2.75, 3.05) is 6.54 Å². The molecule has 0 aromatic rings. The lowest BCUT2D eigenvalue weighted by Crippen LogP contribution is -2.62. The normalized spacial score (nSPS) is 37.4. The third kappa shape index (κ3) is 2.63. The van der Waals surface area contributed by atoms with Crippen molar-refractivity contribution >= 4 is 11.8 Å². The quantitative estimate of drug-likeness (QED) is 0.846. The van der Waals surface area contributed by atoms with Gasteiger partial charge in [-0.1, -0.05) is 34.1 Å². The summed E-state index contributed by atoms with van der Waals surface area (Å²) in [7, 11) is 0. The number of nitrogens with zero attached hydrogens (tertiary/aromatic N) is 1. The fraction of sp³-hybridized carbons (Fsp3) is 0.867. The van der Waals surface area contributed by atoms with Gasteiger partial charge < -0.3 is 10.2 Å². The lowest BCUT2D eigenvalue weighted by atomic mass is 9.92. The first-order valence-electron chi connectivity index (χ1n) is 7.55. The lowest BCUT2D eigenvalue weighted by Gasteiger charge is -2.40. The Labute approximate surface area is 115 Å². The molecule has 1 saturated heterocycles. The van der Waals surface area contributed by atoms with E-state index < -0.39 is 0 Å². The van der Waals surface area contributed by atoms with Crippen LogP contribution in [0.25, 0.3) is 0 Å². The predicted molar refractivity (Wildman–Crippen MR) is 74.4 cm³/mol. The summed E-state index contributed by atoms with van der Waals surface area (Å²) in [5.74, 6) is 1.46. The summed E-state index contributed by atoms with van der Waals surface area (Å²) in [5.41, 5.74) is 0. The zero-order chi connectivity index (χ0) is 14.2. The van der Waals surface area contributed by atoms with E-state index in [0.29, 0.717) is 11.8 Å². The van der Waals surface area contributed by atoms with Gasteiger partial charge in [-0.05, 0) is 30.6 Å². The van der Waals surface area contributed by atoms with E-state index in [1.807, 2.05) is 11.8 Å². The van der Waals surface area contributed by atoms with Crippen LogP contribution in [0.5, 0.6) is 0 Å². The van der Waals surface area contributed by atoms with Crippen LogP contribution in [-0.2, 0) is 9.59 Å². The second kappa shape index (κ2) is 5.51. The number of hydrogen-bond acceptors (Lipinski definition) is 2. The summed E-state index contributed by atoms with van der Waals surface area (Å²) in [6.45, 7) is 8.79. The molecule has 19 heavy (non-hydrogen) atoms. The van der Waals surface area contributed by atoms with Gasteiger partial charge in [-0.2, -0.15) is 0 Å². The zero-order valence-corrected chi connectivity index (χ0v) is 12.5. The minimum atomic E-state index is -0.325. The van der Waals surface area contributed by atoms with E-state index >= 15 is 0 Å². The monoisotopic (exact) mass is 266 g/mol. The van der Waals surface area contributed by atoms with Crippen LogP contribution in [0.15, 0.2) is 0 Å². The second-order valence-electron chi connectivity index (χ2n) is 6.38. The van der Waals surface area contributed by atoms with Crippen molar-refractivity contribution in [3.63, 3.8) is 0 Å². The molecule has 5 atom stereocenters. The molecular weight excluding hydrogens is 240 g/mol. The molecule has 2 rings (SSSR count). The van der Waals surface area contributed by atoms with E-state index in [1.54, 1.807) is 0 Å². The fourth-order valence-corrected chi connectivity index (χ4v) is 3.37. The molecule has 1 heterocycles. The van der Waals surface area contributed by atoms with Crippen LogP contribution in [0.1, 0.15) is 47.0 Å². The van der Waals surface area contributed by atoms with Crippen LogP contribution in [0.4, 0.5) is 0 Å². The van der Waals surface area contributed by atoms with E-state index in [2.05, 4.69) is 26.1 Å². The number of hydrogen-bond donors (Lipinski definition) is 1. The number of piperazine rings is 1. The molecule has 0 bridgehead atoms. The topological polar surface area (TPSA) is 49.4 Å². The van der Waals surface area contributed by atoms with Gasteiger partial charge in [-0.15, -0.1) is 0 Å². The van der Waals surface area contributed by atoms with Crippen molar-refractivity contribution in [1.82, 2.24) is 10.2 Å². The molecule has 5 unspecified atom stereocenters. The van der Waals surface area contributed by atoms with Gasteiger partial charge in [0.2, 0.25) is 11.8 Å². The highest BCUT2D eigenvalue weighted by atomic mass is 16.2. The third-order valence-corrected chi connectivity index (χ3v) is 5.22. The van der Waals surface area contributed by atoms with E-state index in [-0.39, 0.29) is 36.4 Å². The summed E-state index contributed by atoms with van der Waals surface area (Å²) in [6, 6.07) is -0.0746. The van der Waals surface area contributed by atoms with Crippen LogP contribution in [0.2, 0.25) is 0 Å². The molecule has 2 amide bonds. The molecule has 4 heteroatoms. The second-order valence-corrected chi connectivity index (χ2v) is 6.38. The average Bonchev–Trinajstić information content (AvgIpc) is 2.71. The van der Waals surface area contributed by atoms with Crippen LogP contribution < -0.4 is 5.32 Å². The number of rotatable bonds is 3. The molecule has 1 saturated carbocycles. The molecular formula is C15H26N2O2. The summed E-state index contributed by atoms with van der Waals surface area (Å²) in [5, 5.41) is 2.87. The van der Waals surface area contributed by atoms with Gasteiger partial charge >= 0.3 is 0 Å². The summed E-state index contributed by atoms with van der Waals surface area (Å²) < 4.78 is 0. The molecule has 4 nitrogen and oxygen atoms in total. The van der Waals surface area contributed by atoms with Crippen molar-refractivity contribution in [3.8, 4) is 0 Å². The maximum Gasteiger partial charge on any atom is 0.246 e. The molecule has 0 radical (unpaired) electrons. The Morgan fingerprint density at radius 3 is 2.53 bits per heavy atom. The van der Waals surface area contributed by atoms with Crippen LogP contribution in [0, 0.1) is 17.8 Å². The first kappa shape index (κ1) is 14.4. The molecule has 0 spiro atoms. The Kier molecular flexibility index (Phi) is 4.16. The van der Waals surface area contributed by atoms with Crippen molar-refractivity contribution < 1.29 is 9.59 Å². The van der Waals surface area contributed by atoms with Crippen molar-refractivity contribution in [1.29, 1.82) is 0 Å². The summed E-state index contributed by atoms with van der Waals surface area (Å²) >= 11 is 0. The van der Waals surface area contributed by atoms with Gasteiger partial charge in [0.15, 0.2) is 0 Å². The molecule has 1 aliphatic heterocycles. The van der Waals surface area contributed by atoms with E-state index in [9.17, 15) is 9.59 Å². The SMILES string of the molecule is CCC(C)C1NC(=O)CN(C2CCC(C)C2C)C1=O. The van der Waals surface area contributed by atoms with Gasteiger partial charge in [-0.3, -0.25) is 9.59 Å². The average molecular weight is 266 g/mol. The molecule has 1 N–H and O–H groups in total. The highest BCUT2D eigenvalue weighted by molar-refractivity contribution is 5.95. The smallest absolute Gasteiger partial charge is 0.246 e. The summed E-state index contributed by atoms with van der Waals surface area (Å²) in [6.07, 6.45) is 3.10. The maximum absolute atomic E-state index is 12.6. The highest BCUT2D eigenvalue weighted by Crippen LogP contribution is 2.35. The zero-order valence-electron chi connectivity index (χ0n) is 12.5. The summed E-state index contributed by atoms with van der Waals surface area (Å²) in [4.78, 5) is 26.4. The number of carbonyl (C=O) groups is 2. The first-order valence-corrected chi connectivity index (χ1v) is 7.55. The molecule has 2 aliphatic rings. The van der Waals surface area contributed by atoms with Crippen LogP contribution >= 0.6 is 0 Å². The molecule has 0 aromatic heterocycles. The van der Waals surface area contributed by atoms with Gasteiger partial charge in [0, 0.05) is 6.04 Å². The van der Waals surface area contributed by atoms with E-state index in [1.165, 1.54) is 0 Å². The Morgan fingerprint density at radius 1 is 1.32 bits per heavy atom. The Hall–Kier alpha value is -1.06. The largest absolute Gasteiger partial charge is 0.342 e. The first-order chi connectivity index (χ1) is 8.95. The Morgan fingerprint density at radius 2 is 2.00 bits per heavy atom. The Balaban J connectivity index is 2.16. The van der Waals surface area contributed by atoms with Gasteiger partial charge in [0.1, 0.15) is 6.04 Å². The maximum atomic E-state index is 12.6. The van der Waals surface area contributed by atoms with Gasteiger partial charge in [-0.25, -0.2) is 0 Å². The number of carbonyl (C=O) groups excluding carboxylic acids is 2. The minimum absolute atomic E-state index is 0.00310. The van der Waals surface area contributed by atoms with E-state index in [4.69, 9.17) is 0 Å². The minimum Gasteiger partial charge on any atom is -0.342 e. The van der Waals surface area contributed by atoms with Crippen LogP contribution in [0.3, 0.4) is 0 Å². The highest BCUT2D eigenvalue weighted by Gasteiger charge is 2.43.